The minimum atomic E-state index is -5.06. The molecule has 1 unspecified atom stereocenters. The first kappa shape index (κ1) is 22.2. The highest BCUT2D eigenvalue weighted by Gasteiger charge is 2.44. The highest BCUT2D eigenvalue weighted by molar-refractivity contribution is 5.93. The molecule has 2 rings (SSSR count). The third kappa shape index (κ3) is 6.81. The van der Waals surface area contributed by atoms with E-state index in [1.165, 1.54) is 37.2 Å². The molecule has 1 saturated carbocycles. The number of amides is 1. The maximum Gasteiger partial charge on any atom is 0.490 e. The van der Waals surface area contributed by atoms with Gasteiger partial charge in [-0.05, 0) is 26.2 Å². The van der Waals surface area contributed by atoms with E-state index in [0.29, 0.717) is 12.3 Å². The van der Waals surface area contributed by atoms with Crippen molar-refractivity contribution < 1.29 is 27.5 Å². The summed E-state index contributed by atoms with van der Waals surface area (Å²) in [6.45, 7) is 2.58. The van der Waals surface area contributed by atoms with Gasteiger partial charge in [0.2, 0.25) is 5.91 Å². The number of nitrogens with zero attached hydrogens (tertiary/aromatic N) is 2. The van der Waals surface area contributed by atoms with Crippen LogP contribution in [-0.2, 0) is 20.9 Å². The number of aromatic nitrogens is 2. The zero-order chi connectivity index (χ0) is 20.9. The lowest BCUT2D eigenvalue weighted by molar-refractivity contribution is -0.212. The topological polar surface area (TPSA) is 99.2 Å². The lowest BCUT2D eigenvalue weighted by Gasteiger charge is -2.25. The molecular formula is C18H27F3N4O3. The summed E-state index contributed by atoms with van der Waals surface area (Å²) >= 11 is 0. The lowest BCUT2D eigenvalue weighted by atomic mass is 9.85. The molecule has 158 valence electrons. The molecule has 3 N–H and O–H groups in total. The summed E-state index contributed by atoms with van der Waals surface area (Å²) in [6, 6.07) is 0.866. The summed E-state index contributed by atoms with van der Waals surface area (Å²) in [5.41, 5.74) is 4.56. The minimum absolute atomic E-state index is 0.112. The Kier molecular flexibility index (Phi) is 7.08. The molecule has 1 amide bonds. The number of carbonyl (C=O) groups excluding carboxylic acids is 2. The lowest BCUT2D eigenvalue weighted by Crippen LogP contribution is -2.39. The second-order valence-corrected chi connectivity index (χ2v) is 7.88. The number of esters is 1. The molecule has 1 aliphatic carbocycles. The Bertz CT molecular complexity index is 682. The molecule has 0 bridgehead atoms. The third-order valence-corrected chi connectivity index (χ3v) is 4.68. The second-order valence-electron chi connectivity index (χ2n) is 7.88. The van der Waals surface area contributed by atoms with Crippen LogP contribution in [0.3, 0.4) is 0 Å². The molecule has 7 nitrogen and oxygen atoms in total. The fraction of sp³-hybridized carbons (Fsp3) is 0.722. The van der Waals surface area contributed by atoms with Gasteiger partial charge in [-0.3, -0.25) is 9.48 Å². The summed E-state index contributed by atoms with van der Waals surface area (Å²) in [5, 5.41) is 6.71. The van der Waals surface area contributed by atoms with Gasteiger partial charge in [-0.15, -0.1) is 0 Å². The Hall–Kier alpha value is -2.10. The first-order valence-electron chi connectivity index (χ1n) is 9.36. The Labute approximate surface area is 161 Å². The molecule has 1 heterocycles. The molecule has 28 heavy (non-hydrogen) atoms. The highest BCUT2D eigenvalue weighted by Crippen LogP contribution is 2.27. The fourth-order valence-electron chi connectivity index (χ4n) is 3.36. The molecular weight excluding hydrogens is 377 g/mol. The van der Waals surface area contributed by atoms with Crippen molar-refractivity contribution in [1.29, 1.82) is 0 Å². The van der Waals surface area contributed by atoms with Gasteiger partial charge in [0.15, 0.2) is 5.82 Å². The van der Waals surface area contributed by atoms with Gasteiger partial charge in [-0.25, -0.2) is 4.79 Å². The number of hydrogen-bond donors (Lipinski definition) is 2. The molecule has 1 aromatic rings. The number of alkyl halides is 3. The zero-order valence-corrected chi connectivity index (χ0v) is 16.1. The number of hydrogen-bond acceptors (Lipinski definition) is 5. The van der Waals surface area contributed by atoms with Crippen LogP contribution in [0.25, 0.3) is 0 Å². The number of ether oxygens (including phenoxy) is 1. The summed E-state index contributed by atoms with van der Waals surface area (Å²) in [6.07, 6.45) is 2.76. The van der Waals surface area contributed by atoms with E-state index >= 15 is 0 Å². The maximum atomic E-state index is 12.4. The average molecular weight is 404 g/mol. The predicted octanol–water partition coefficient (Wildman–Crippen LogP) is 3.00. The van der Waals surface area contributed by atoms with Gasteiger partial charge in [0.05, 0.1) is 12.6 Å². The van der Waals surface area contributed by atoms with Crippen molar-refractivity contribution in [2.75, 3.05) is 5.32 Å². The standard InChI is InChI=1S/C18H27F3N4O3/c1-17(2,28-16(27)18(19,20)21)11-25-9-8-14(24-25)23-15(26)13(22)10-12-6-4-3-5-7-12/h8-9,12-13H,3-7,10-11,22H2,1-2H3,(H,23,24,26). The van der Waals surface area contributed by atoms with Crippen LogP contribution in [0.4, 0.5) is 19.0 Å². The molecule has 1 fully saturated rings. The quantitative estimate of drug-likeness (QED) is 0.681. The van der Waals surface area contributed by atoms with E-state index in [1.54, 1.807) is 0 Å². The third-order valence-electron chi connectivity index (χ3n) is 4.68. The van der Waals surface area contributed by atoms with E-state index < -0.39 is 23.8 Å². The summed E-state index contributed by atoms with van der Waals surface area (Å²) in [4.78, 5) is 23.3. The first-order chi connectivity index (χ1) is 13.0. The predicted molar refractivity (Wildman–Crippen MR) is 96.3 cm³/mol. The molecule has 1 aliphatic rings. The molecule has 0 aliphatic heterocycles. The van der Waals surface area contributed by atoms with Gasteiger partial charge in [0.25, 0.3) is 0 Å². The Morgan fingerprint density at radius 3 is 2.57 bits per heavy atom. The summed E-state index contributed by atoms with van der Waals surface area (Å²) < 4.78 is 42.8. The number of nitrogens with one attached hydrogen (secondary N) is 1. The van der Waals surface area contributed by atoms with E-state index in [4.69, 9.17) is 5.73 Å². The fourth-order valence-corrected chi connectivity index (χ4v) is 3.36. The smallest absolute Gasteiger partial charge is 0.451 e. The van der Waals surface area contributed by atoms with E-state index in [0.717, 1.165) is 25.7 Å². The average Bonchev–Trinajstić information content (AvgIpc) is 3.00. The minimum Gasteiger partial charge on any atom is -0.451 e. The molecule has 1 atom stereocenters. The Morgan fingerprint density at radius 2 is 1.96 bits per heavy atom. The van der Waals surface area contributed by atoms with E-state index in [-0.39, 0.29) is 18.3 Å². The van der Waals surface area contributed by atoms with E-state index in [9.17, 15) is 22.8 Å². The van der Waals surface area contributed by atoms with Crippen LogP contribution in [-0.4, -0.2) is 39.5 Å². The molecule has 10 heteroatoms. The number of nitrogens with two attached hydrogens (primary N) is 1. The van der Waals surface area contributed by atoms with E-state index in [2.05, 4.69) is 15.2 Å². The van der Waals surface area contributed by atoms with Crippen LogP contribution in [0.15, 0.2) is 12.3 Å². The monoisotopic (exact) mass is 404 g/mol. The van der Waals surface area contributed by atoms with Gasteiger partial charge in [-0.1, -0.05) is 32.1 Å². The Balaban J connectivity index is 1.87. The van der Waals surface area contributed by atoms with Crippen molar-refractivity contribution in [3.05, 3.63) is 12.3 Å². The van der Waals surface area contributed by atoms with Crippen LogP contribution >= 0.6 is 0 Å². The second kappa shape index (κ2) is 8.93. The first-order valence-corrected chi connectivity index (χ1v) is 9.36. The summed E-state index contributed by atoms with van der Waals surface area (Å²) in [5.74, 6) is -1.91. The van der Waals surface area contributed by atoms with Crippen LogP contribution in [0.5, 0.6) is 0 Å². The highest BCUT2D eigenvalue weighted by atomic mass is 19.4. The van der Waals surface area contributed by atoms with Gasteiger partial charge in [-0.2, -0.15) is 18.3 Å². The Morgan fingerprint density at radius 1 is 1.32 bits per heavy atom. The molecule has 0 spiro atoms. The number of halogens is 3. The largest absolute Gasteiger partial charge is 0.490 e. The van der Waals surface area contributed by atoms with Crippen molar-refractivity contribution >= 4 is 17.7 Å². The van der Waals surface area contributed by atoms with Crippen molar-refractivity contribution in [2.45, 2.75) is 76.7 Å². The molecule has 0 aromatic carbocycles. The number of carbonyl (C=O) groups is 2. The van der Waals surface area contributed by atoms with Crippen molar-refractivity contribution in [2.24, 2.45) is 11.7 Å². The van der Waals surface area contributed by atoms with Crippen LogP contribution in [0.2, 0.25) is 0 Å². The molecule has 0 saturated heterocycles. The normalized spacial score (nSPS) is 17.2. The van der Waals surface area contributed by atoms with Crippen molar-refractivity contribution in [1.82, 2.24) is 9.78 Å². The van der Waals surface area contributed by atoms with Crippen LogP contribution in [0.1, 0.15) is 52.4 Å². The van der Waals surface area contributed by atoms with Crippen molar-refractivity contribution in [3.8, 4) is 0 Å². The van der Waals surface area contributed by atoms with Crippen LogP contribution in [0, 0.1) is 5.92 Å². The van der Waals surface area contributed by atoms with Crippen LogP contribution < -0.4 is 11.1 Å². The number of anilines is 1. The maximum absolute atomic E-state index is 12.4. The SMILES string of the molecule is CC(C)(Cn1ccc(NC(=O)C(N)CC2CCCCC2)n1)OC(=O)C(F)(F)F. The van der Waals surface area contributed by atoms with Crippen molar-refractivity contribution in [3.63, 3.8) is 0 Å². The molecule has 1 aromatic heterocycles. The van der Waals surface area contributed by atoms with Gasteiger partial charge in [0, 0.05) is 12.3 Å². The van der Waals surface area contributed by atoms with Gasteiger partial charge >= 0.3 is 12.1 Å². The summed E-state index contributed by atoms with van der Waals surface area (Å²) in [7, 11) is 0. The molecule has 0 radical (unpaired) electrons. The van der Waals surface area contributed by atoms with E-state index in [1.807, 2.05) is 0 Å². The van der Waals surface area contributed by atoms with Gasteiger partial charge < -0.3 is 15.8 Å². The number of rotatable bonds is 7. The van der Waals surface area contributed by atoms with Gasteiger partial charge in [0.1, 0.15) is 5.60 Å². The zero-order valence-electron chi connectivity index (χ0n) is 16.1.